The molecule has 3 heterocycles. The number of nitrogens with one attached hydrogen (secondary N) is 2. The number of likely N-dealkylation sites (tertiary alicyclic amines) is 1. The van der Waals surface area contributed by atoms with Crippen molar-refractivity contribution in [3.63, 3.8) is 0 Å². The van der Waals surface area contributed by atoms with Crippen LogP contribution >= 0.6 is 0 Å². The number of likely N-dealkylation sites (N-methyl/N-ethyl adjacent to an activating group) is 1. The summed E-state index contributed by atoms with van der Waals surface area (Å²) < 4.78 is 29.0. The Morgan fingerprint density at radius 1 is 0.974 bits per heavy atom. The zero-order valence-electron chi connectivity index (χ0n) is 22.0. The molecule has 2 aliphatic rings. The van der Waals surface area contributed by atoms with Crippen molar-refractivity contribution in [3.8, 4) is 0 Å². The number of sulfonamides is 1. The standard InChI is InChI=1S/C28H34N6O3S/c1-20-28(35)33(3)26-18-29-27(17-25(26)34(20)19-21-8-5-4-6-9-21)30-23-10-7-11-24(16-23)38(36,37)31-22-12-14-32(2)15-13-22/h4-11,16-18,20,22,31H,12-15,19H2,1-3H3,(H,29,30). The van der Waals surface area contributed by atoms with Crippen molar-refractivity contribution in [2.75, 3.05) is 42.3 Å². The van der Waals surface area contributed by atoms with E-state index in [-0.39, 0.29) is 22.9 Å². The Labute approximate surface area is 224 Å². The van der Waals surface area contributed by atoms with Crippen molar-refractivity contribution in [3.05, 3.63) is 72.4 Å². The molecule has 2 aliphatic heterocycles. The van der Waals surface area contributed by atoms with Crippen LogP contribution in [0.15, 0.2) is 71.8 Å². The van der Waals surface area contributed by atoms with Gasteiger partial charge in [-0.15, -0.1) is 0 Å². The number of nitrogens with zero attached hydrogens (tertiary/aromatic N) is 4. The molecule has 200 valence electrons. The van der Waals surface area contributed by atoms with Crippen molar-refractivity contribution < 1.29 is 13.2 Å². The van der Waals surface area contributed by atoms with Crippen molar-refractivity contribution in [2.45, 2.75) is 43.3 Å². The number of hydrogen-bond donors (Lipinski definition) is 2. The van der Waals surface area contributed by atoms with Gasteiger partial charge in [0.1, 0.15) is 11.9 Å². The van der Waals surface area contributed by atoms with Crippen LogP contribution in [0.2, 0.25) is 0 Å². The first-order valence-corrected chi connectivity index (χ1v) is 14.4. The molecule has 0 saturated carbocycles. The van der Waals surface area contributed by atoms with E-state index in [0.29, 0.717) is 18.1 Å². The molecule has 1 saturated heterocycles. The van der Waals surface area contributed by atoms with Gasteiger partial charge in [-0.3, -0.25) is 4.79 Å². The quantitative estimate of drug-likeness (QED) is 0.478. The van der Waals surface area contributed by atoms with E-state index in [1.807, 2.05) is 56.4 Å². The van der Waals surface area contributed by atoms with Crippen LogP contribution in [-0.4, -0.2) is 63.5 Å². The molecule has 9 nitrogen and oxygen atoms in total. The highest BCUT2D eigenvalue weighted by atomic mass is 32.2. The van der Waals surface area contributed by atoms with Crippen LogP contribution in [0.4, 0.5) is 22.9 Å². The van der Waals surface area contributed by atoms with E-state index in [1.54, 1.807) is 36.3 Å². The van der Waals surface area contributed by atoms with Gasteiger partial charge in [0.05, 0.1) is 22.5 Å². The third kappa shape index (κ3) is 5.52. The molecule has 5 rings (SSSR count). The van der Waals surface area contributed by atoms with Gasteiger partial charge in [0.25, 0.3) is 0 Å². The first-order valence-electron chi connectivity index (χ1n) is 12.9. The normalized spacial score (nSPS) is 18.9. The van der Waals surface area contributed by atoms with Crippen LogP contribution in [0.5, 0.6) is 0 Å². The second-order valence-corrected chi connectivity index (χ2v) is 11.8. The number of carbonyl (C=O) groups excluding carboxylic acids is 1. The van der Waals surface area contributed by atoms with E-state index < -0.39 is 10.0 Å². The van der Waals surface area contributed by atoms with Crippen LogP contribution in [0.1, 0.15) is 25.3 Å². The number of carbonyl (C=O) groups is 1. The number of rotatable bonds is 7. The van der Waals surface area contributed by atoms with Crippen LogP contribution in [0, 0.1) is 0 Å². The summed E-state index contributed by atoms with van der Waals surface area (Å²) in [6.45, 7) is 4.23. The van der Waals surface area contributed by atoms with Gasteiger partial charge in [-0.2, -0.15) is 0 Å². The van der Waals surface area contributed by atoms with Crippen molar-refractivity contribution >= 4 is 38.8 Å². The van der Waals surface area contributed by atoms with Gasteiger partial charge >= 0.3 is 0 Å². The molecule has 2 N–H and O–H groups in total. The molecule has 2 aromatic carbocycles. The van der Waals surface area contributed by atoms with Crippen LogP contribution < -0.4 is 19.8 Å². The largest absolute Gasteiger partial charge is 0.354 e. The fourth-order valence-electron chi connectivity index (χ4n) is 5.04. The first kappa shape index (κ1) is 26.1. The number of hydrogen-bond acceptors (Lipinski definition) is 7. The highest BCUT2D eigenvalue weighted by Crippen LogP contribution is 2.38. The molecule has 1 fully saturated rings. The molecule has 1 atom stereocenters. The monoisotopic (exact) mass is 534 g/mol. The maximum absolute atomic E-state index is 13.1. The molecule has 0 bridgehead atoms. The number of anilines is 4. The molecule has 3 aromatic rings. The molecule has 10 heteroatoms. The molecule has 0 spiro atoms. The second kappa shape index (κ2) is 10.7. The van der Waals surface area contributed by atoms with Crippen LogP contribution in [-0.2, 0) is 21.4 Å². The fraction of sp³-hybridized carbons (Fsp3) is 0.357. The summed E-state index contributed by atoms with van der Waals surface area (Å²) in [4.78, 5) is 23.6. The van der Waals surface area contributed by atoms with Gasteiger partial charge in [-0.1, -0.05) is 36.4 Å². The number of pyridine rings is 1. The highest BCUT2D eigenvalue weighted by molar-refractivity contribution is 7.89. The van der Waals surface area contributed by atoms with Gasteiger partial charge in [-0.25, -0.2) is 18.1 Å². The second-order valence-electron chi connectivity index (χ2n) is 10.1. The number of benzene rings is 2. The number of fused-ring (bicyclic) bond motifs is 1. The Morgan fingerprint density at radius 3 is 2.45 bits per heavy atom. The predicted octanol–water partition coefficient (Wildman–Crippen LogP) is 3.57. The van der Waals surface area contributed by atoms with E-state index in [4.69, 9.17) is 0 Å². The van der Waals surface area contributed by atoms with E-state index in [9.17, 15) is 13.2 Å². The van der Waals surface area contributed by atoms with E-state index in [0.717, 1.165) is 42.9 Å². The predicted molar refractivity (Wildman–Crippen MR) is 150 cm³/mol. The molecule has 38 heavy (non-hydrogen) atoms. The van der Waals surface area contributed by atoms with Crippen molar-refractivity contribution in [1.82, 2.24) is 14.6 Å². The third-order valence-corrected chi connectivity index (χ3v) is 8.86. The summed E-state index contributed by atoms with van der Waals surface area (Å²) in [5.74, 6) is 0.570. The molecule has 0 radical (unpaired) electrons. The molecule has 0 aliphatic carbocycles. The zero-order chi connectivity index (χ0) is 26.9. The van der Waals surface area contributed by atoms with Crippen molar-refractivity contribution in [2.24, 2.45) is 0 Å². The number of amides is 1. The topological polar surface area (TPSA) is 97.9 Å². The fourth-order valence-corrected chi connectivity index (χ4v) is 6.39. The number of piperidine rings is 1. The van der Waals surface area contributed by atoms with E-state index in [1.165, 1.54) is 0 Å². The average molecular weight is 535 g/mol. The highest BCUT2D eigenvalue weighted by Gasteiger charge is 2.34. The maximum atomic E-state index is 13.1. The zero-order valence-corrected chi connectivity index (χ0v) is 22.8. The first-order chi connectivity index (χ1) is 18.2. The summed E-state index contributed by atoms with van der Waals surface area (Å²) in [5, 5.41) is 3.26. The summed E-state index contributed by atoms with van der Waals surface area (Å²) in [5.41, 5.74) is 3.33. The lowest BCUT2D eigenvalue weighted by atomic mass is 10.1. The molecule has 1 unspecified atom stereocenters. The molecular weight excluding hydrogens is 500 g/mol. The Morgan fingerprint density at radius 2 is 1.71 bits per heavy atom. The minimum atomic E-state index is -3.65. The Balaban J connectivity index is 1.38. The lowest BCUT2D eigenvalue weighted by Crippen LogP contribution is -2.50. The summed E-state index contributed by atoms with van der Waals surface area (Å²) in [6.07, 6.45) is 3.27. The Bertz CT molecular complexity index is 1410. The summed E-state index contributed by atoms with van der Waals surface area (Å²) in [7, 11) is 0.158. The smallest absolute Gasteiger partial charge is 0.249 e. The summed E-state index contributed by atoms with van der Waals surface area (Å²) >= 11 is 0. The Kier molecular flexibility index (Phi) is 7.38. The lowest BCUT2D eigenvalue weighted by molar-refractivity contribution is -0.119. The average Bonchev–Trinajstić information content (AvgIpc) is 2.92. The lowest BCUT2D eigenvalue weighted by Gasteiger charge is -2.40. The summed E-state index contributed by atoms with van der Waals surface area (Å²) in [6, 6.07) is 18.3. The van der Waals surface area contributed by atoms with Gasteiger partial charge < -0.3 is 20.0 Å². The van der Waals surface area contributed by atoms with Gasteiger partial charge in [0, 0.05) is 31.4 Å². The number of aromatic nitrogens is 1. The third-order valence-electron chi connectivity index (χ3n) is 7.34. The molecular formula is C28H34N6O3S. The van der Waals surface area contributed by atoms with Crippen LogP contribution in [0.25, 0.3) is 0 Å². The SMILES string of the molecule is CC1C(=O)N(C)c2cnc(Nc3cccc(S(=O)(=O)NC4CCN(C)CC4)c3)cc2N1Cc1ccccc1. The maximum Gasteiger partial charge on any atom is 0.249 e. The Hall–Kier alpha value is -3.47. The van der Waals surface area contributed by atoms with E-state index >= 15 is 0 Å². The van der Waals surface area contributed by atoms with Crippen LogP contribution in [0.3, 0.4) is 0 Å². The van der Waals surface area contributed by atoms with Gasteiger partial charge in [0.15, 0.2) is 0 Å². The molecule has 1 aromatic heterocycles. The minimum absolute atomic E-state index is 0.00552. The molecule has 1 amide bonds. The van der Waals surface area contributed by atoms with Gasteiger partial charge in [-0.05, 0) is 63.7 Å². The minimum Gasteiger partial charge on any atom is -0.354 e. The van der Waals surface area contributed by atoms with E-state index in [2.05, 4.69) is 24.8 Å². The van der Waals surface area contributed by atoms with Gasteiger partial charge in [0.2, 0.25) is 15.9 Å². The van der Waals surface area contributed by atoms with Crippen molar-refractivity contribution in [1.29, 1.82) is 0 Å².